The Labute approximate surface area is 544 Å². The number of ether oxygens (including phenoxy) is 6. The summed E-state index contributed by atoms with van der Waals surface area (Å²) in [5.41, 5.74) is -0.228. The van der Waals surface area contributed by atoms with Gasteiger partial charge in [0, 0.05) is 81.9 Å². The summed E-state index contributed by atoms with van der Waals surface area (Å²) in [7, 11) is 5.24. The molecule has 8 aromatic rings. The van der Waals surface area contributed by atoms with Gasteiger partial charge in [-0.3, -0.25) is 29.1 Å². The first-order chi connectivity index (χ1) is 45.0. The number of nitrogens with zero attached hydrogens (tertiary/aromatic N) is 3. The number of piperidine rings is 2. The summed E-state index contributed by atoms with van der Waals surface area (Å²) in [5.74, 6) is 0.479. The van der Waals surface area contributed by atoms with Crippen LogP contribution in [0.4, 0.5) is 40.3 Å². The standard InChI is InChI=1S/C34H34F2N4O5.C33H32F2N4O5.C2H4Cl2/c1-40-15-10-21(11-16-40)20-44-31-19-27-25(18-30(31)43-2)28(9-14-37-27)45-29-8-7-24(17-26(29)36)39-33(42)34(12-13-34)32(41)38-23-5-3-22(35)4-6-23;1-42-29-17-24-26(18-30(29)43-19-20-8-13-36-14-9-20)37-15-10-27(24)44-28-7-6-23(16-25(28)35)39-32(41)33(11-12-33)31(40)38-22-4-2-21(34)3-5-22;3-1-2-4/h3-9,14,17-19,21H,10-13,15-16,20H2,1-2H3,(H,38,41)(H,39,42);2-7,10,15-18,20,36H,8-9,11-14,19H2,1H3,(H,38,40)(H,39,41);1-2H2. The van der Waals surface area contributed by atoms with Gasteiger partial charge < -0.3 is 59.9 Å². The molecule has 488 valence electrons. The number of amides is 4. The highest BCUT2D eigenvalue weighted by molar-refractivity contribution is 6.26. The molecule has 93 heavy (non-hydrogen) atoms. The minimum atomic E-state index is -1.27. The van der Waals surface area contributed by atoms with Crippen LogP contribution in [-0.4, -0.2) is 111 Å². The second kappa shape index (κ2) is 30.6. The molecule has 4 heterocycles. The Balaban J connectivity index is 0.000000192. The van der Waals surface area contributed by atoms with Crippen LogP contribution in [0.3, 0.4) is 0 Å². The number of aromatic nitrogens is 2. The number of halogens is 6. The van der Waals surface area contributed by atoms with Gasteiger partial charge in [0.2, 0.25) is 23.6 Å². The van der Waals surface area contributed by atoms with Gasteiger partial charge in [0.25, 0.3) is 0 Å². The minimum Gasteiger partial charge on any atom is -0.493 e. The van der Waals surface area contributed by atoms with E-state index in [-0.39, 0.29) is 22.9 Å². The molecule has 2 aliphatic carbocycles. The third-order valence-electron chi connectivity index (χ3n) is 16.6. The van der Waals surface area contributed by atoms with Gasteiger partial charge in [-0.05, 0) is 193 Å². The zero-order chi connectivity index (χ0) is 65.7. The molecule has 0 atom stereocenters. The highest BCUT2D eigenvalue weighted by Gasteiger charge is 2.57. The number of benzene rings is 6. The first-order valence-corrected chi connectivity index (χ1v) is 31.5. The van der Waals surface area contributed by atoms with Gasteiger partial charge >= 0.3 is 0 Å². The highest BCUT2D eigenvalue weighted by Crippen LogP contribution is 2.49. The molecule has 0 radical (unpaired) electrons. The number of rotatable bonds is 21. The highest BCUT2D eigenvalue weighted by atomic mass is 35.5. The van der Waals surface area contributed by atoms with E-state index in [1.54, 1.807) is 63.0 Å². The van der Waals surface area contributed by atoms with Crippen molar-refractivity contribution in [2.24, 2.45) is 22.7 Å². The molecule has 0 bridgehead atoms. The SMILES string of the molecule is COc1cc2c(Oc3ccc(NC(=O)C4(C(=O)Nc5ccc(F)cc5)CC4)cc3F)ccnc2cc1OCC1CCN(C)CC1.COc1cc2c(Oc3ccc(NC(=O)C4(C(=O)Nc5ccc(F)cc5)CC4)cc3F)ccnc2cc1OCC1CCNCC1.ClCCCl. The number of alkyl halides is 2. The van der Waals surface area contributed by atoms with Crippen molar-refractivity contribution in [3.63, 3.8) is 0 Å². The van der Waals surface area contributed by atoms with E-state index in [0.29, 0.717) is 130 Å². The van der Waals surface area contributed by atoms with Gasteiger partial charge in [-0.25, -0.2) is 17.6 Å². The smallest absolute Gasteiger partial charge is 0.240 e. The second-order valence-electron chi connectivity index (χ2n) is 23.1. The maximum absolute atomic E-state index is 15.2. The molecular weight excluding hydrogens is 1250 g/mol. The fraction of sp³-hybridized carbons (Fsp3) is 0.333. The summed E-state index contributed by atoms with van der Waals surface area (Å²) >= 11 is 10.1. The molecule has 12 rings (SSSR count). The largest absolute Gasteiger partial charge is 0.493 e. The van der Waals surface area contributed by atoms with Gasteiger partial charge in [0.05, 0.1) is 38.5 Å². The molecule has 0 spiro atoms. The van der Waals surface area contributed by atoms with Crippen molar-refractivity contribution in [1.29, 1.82) is 0 Å². The van der Waals surface area contributed by atoms with Crippen LogP contribution in [0.1, 0.15) is 51.4 Å². The lowest BCUT2D eigenvalue weighted by Gasteiger charge is -2.28. The number of pyridine rings is 2. The van der Waals surface area contributed by atoms with Crippen molar-refractivity contribution in [2.75, 3.05) is 93.7 Å². The topological polar surface area (TPSA) is 213 Å². The van der Waals surface area contributed by atoms with Crippen molar-refractivity contribution in [3.05, 3.63) is 157 Å². The van der Waals surface area contributed by atoms with E-state index in [9.17, 15) is 28.0 Å². The predicted molar refractivity (Wildman–Crippen MR) is 348 cm³/mol. The molecule has 2 aliphatic heterocycles. The van der Waals surface area contributed by atoms with Crippen molar-refractivity contribution in [3.8, 4) is 46.0 Å². The van der Waals surface area contributed by atoms with Crippen molar-refractivity contribution in [1.82, 2.24) is 20.2 Å². The monoisotopic (exact) mass is 1320 g/mol. The van der Waals surface area contributed by atoms with Crippen LogP contribution in [-0.2, 0) is 19.2 Å². The number of methoxy groups -OCH3 is 2. The number of hydrogen-bond donors (Lipinski definition) is 5. The zero-order valence-corrected chi connectivity index (χ0v) is 52.9. The number of fused-ring (bicyclic) bond motifs is 2. The number of carbonyl (C=O) groups excluding carboxylic acids is 4. The molecule has 4 amide bonds. The summed E-state index contributed by atoms with van der Waals surface area (Å²) in [6, 6.07) is 29.0. The molecule has 4 aliphatic rings. The lowest BCUT2D eigenvalue weighted by Crippen LogP contribution is -2.35. The van der Waals surface area contributed by atoms with Gasteiger partial charge in [0.15, 0.2) is 46.1 Å². The Morgan fingerprint density at radius 2 is 0.871 bits per heavy atom. The molecule has 24 heteroatoms. The first kappa shape index (κ1) is 66.9. The third kappa shape index (κ3) is 16.8. The van der Waals surface area contributed by atoms with Crippen LogP contribution >= 0.6 is 23.2 Å². The van der Waals surface area contributed by atoms with E-state index < -0.39 is 57.7 Å². The van der Waals surface area contributed by atoms with Crippen LogP contribution in [0.25, 0.3) is 21.8 Å². The van der Waals surface area contributed by atoms with Crippen LogP contribution in [0.5, 0.6) is 46.0 Å². The molecular formula is C69H70Cl2F4N8O10. The summed E-state index contributed by atoms with van der Waals surface area (Å²) in [6.45, 7) is 5.21. The molecule has 2 saturated heterocycles. The first-order valence-electron chi connectivity index (χ1n) is 30.4. The summed E-state index contributed by atoms with van der Waals surface area (Å²) in [6.07, 6.45) is 8.77. The Morgan fingerprint density at radius 3 is 1.24 bits per heavy atom. The number of hydrogen-bond acceptors (Lipinski definition) is 14. The molecule has 2 saturated carbocycles. The van der Waals surface area contributed by atoms with Crippen LogP contribution in [0, 0.1) is 45.9 Å². The lowest BCUT2D eigenvalue weighted by atomic mass is 9.98. The molecule has 0 unspecified atom stereocenters. The quantitative estimate of drug-likeness (QED) is 0.0257. The molecule has 5 N–H and O–H groups in total. The number of likely N-dealkylation sites (tertiary alicyclic amines) is 1. The molecule has 18 nitrogen and oxygen atoms in total. The Bertz CT molecular complexity index is 3960. The normalized spacial score (nSPS) is 15.6. The summed E-state index contributed by atoms with van der Waals surface area (Å²) < 4.78 is 92.2. The Hall–Kier alpha value is -8.96. The number of carbonyl (C=O) groups is 4. The summed E-state index contributed by atoms with van der Waals surface area (Å²) in [5, 5.41) is 15.2. The zero-order valence-electron chi connectivity index (χ0n) is 51.4. The lowest BCUT2D eigenvalue weighted by molar-refractivity contribution is -0.132. The van der Waals surface area contributed by atoms with Crippen molar-refractivity contribution in [2.45, 2.75) is 51.4 Å². The van der Waals surface area contributed by atoms with E-state index in [0.717, 1.165) is 64.0 Å². The molecule has 2 aromatic heterocycles. The predicted octanol–water partition coefficient (Wildman–Crippen LogP) is 13.9. The van der Waals surface area contributed by atoms with E-state index in [4.69, 9.17) is 51.6 Å². The van der Waals surface area contributed by atoms with E-state index >= 15 is 8.78 Å². The maximum atomic E-state index is 15.2. The van der Waals surface area contributed by atoms with E-state index in [2.05, 4.69) is 48.5 Å². The second-order valence-corrected chi connectivity index (χ2v) is 23.8. The van der Waals surface area contributed by atoms with Crippen LogP contribution < -0.4 is 55.0 Å². The third-order valence-corrected chi connectivity index (χ3v) is 17.1. The van der Waals surface area contributed by atoms with Gasteiger partial charge in [-0.15, -0.1) is 23.2 Å². The van der Waals surface area contributed by atoms with Gasteiger partial charge in [-0.2, -0.15) is 0 Å². The minimum absolute atomic E-state index is 0.0581. The van der Waals surface area contributed by atoms with Crippen molar-refractivity contribution >= 4 is 91.4 Å². The van der Waals surface area contributed by atoms with Gasteiger partial charge in [0.1, 0.15) is 34.0 Å². The number of anilines is 4. The van der Waals surface area contributed by atoms with E-state index in [1.165, 1.54) is 72.8 Å². The Kier molecular flexibility index (Phi) is 22.1. The Morgan fingerprint density at radius 1 is 0.495 bits per heavy atom. The molecule has 4 fully saturated rings. The summed E-state index contributed by atoms with van der Waals surface area (Å²) in [4.78, 5) is 63.0. The van der Waals surface area contributed by atoms with Crippen LogP contribution in [0.15, 0.2) is 134 Å². The van der Waals surface area contributed by atoms with E-state index in [1.807, 2.05) is 0 Å². The fourth-order valence-electron chi connectivity index (χ4n) is 10.7. The average molecular weight is 1320 g/mol. The fourth-order valence-corrected chi connectivity index (χ4v) is 10.7. The van der Waals surface area contributed by atoms with Crippen molar-refractivity contribution < 1.29 is 65.2 Å². The van der Waals surface area contributed by atoms with Gasteiger partial charge in [-0.1, -0.05) is 0 Å². The average Bonchev–Trinajstić information content (AvgIpc) is 1.70. The molecule has 6 aromatic carbocycles. The number of nitrogens with one attached hydrogen (secondary N) is 5. The maximum Gasteiger partial charge on any atom is 0.240 e. The van der Waals surface area contributed by atoms with Crippen LogP contribution in [0.2, 0.25) is 0 Å².